The average Bonchev–Trinajstić information content (AvgIpc) is 2.76. The first-order valence-corrected chi connectivity index (χ1v) is 7.04. The summed E-state index contributed by atoms with van der Waals surface area (Å²) >= 11 is 3.52. The Morgan fingerprint density at radius 3 is 3.00 bits per heavy atom. The largest absolute Gasteiger partial charge is 0.383 e. The fourth-order valence-corrected chi connectivity index (χ4v) is 2.37. The SMILES string of the molecule is COCCNCCCn1ccc2ccc(Br)cc21. The van der Waals surface area contributed by atoms with Crippen molar-refractivity contribution in [2.45, 2.75) is 13.0 Å². The van der Waals surface area contributed by atoms with Crippen molar-refractivity contribution in [1.82, 2.24) is 9.88 Å². The molecule has 3 nitrogen and oxygen atoms in total. The van der Waals surface area contributed by atoms with Crippen LogP contribution < -0.4 is 5.32 Å². The van der Waals surface area contributed by atoms with Crippen LogP contribution in [0.4, 0.5) is 0 Å². The van der Waals surface area contributed by atoms with Gasteiger partial charge in [0.2, 0.25) is 0 Å². The van der Waals surface area contributed by atoms with E-state index in [1.165, 1.54) is 10.9 Å². The normalized spacial score (nSPS) is 11.2. The summed E-state index contributed by atoms with van der Waals surface area (Å²) in [6.07, 6.45) is 3.28. The van der Waals surface area contributed by atoms with E-state index in [1.807, 2.05) is 0 Å². The lowest BCUT2D eigenvalue weighted by atomic mass is 10.2. The molecule has 0 saturated carbocycles. The number of nitrogens with zero attached hydrogens (tertiary/aromatic N) is 1. The van der Waals surface area contributed by atoms with Crippen LogP contribution in [-0.4, -0.2) is 31.4 Å². The molecule has 2 rings (SSSR count). The first kappa shape index (κ1) is 13.6. The molecular formula is C14H19BrN2O. The van der Waals surface area contributed by atoms with Gasteiger partial charge in [0.05, 0.1) is 6.61 Å². The number of ether oxygens (including phenoxy) is 1. The molecule has 1 N–H and O–H groups in total. The Labute approximate surface area is 116 Å². The molecule has 0 aliphatic rings. The molecule has 1 aromatic carbocycles. The van der Waals surface area contributed by atoms with Crippen LogP contribution in [0, 0.1) is 0 Å². The zero-order chi connectivity index (χ0) is 12.8. The summed E-state index contributed by atoms with van der Waals surface area (Å²) in [5, 5.41) is 4.66. The third-order valence-electron chi connectivity index (χ3n) is 2.97. The Hall–Kier alpha value is -0.840. The van der Waals surface area contributed by atoms with Gasteiger partial charge in [0.25, 0.3) is 0 Å². The number of hydrogen-bond donors (Lipinski definition) is 1. The van der Waals surface area contributed by atoms with E-state index in [-0.39, 0.29) is 0 Å². The van der Waals surface area contributed by atoms with E-state index in [0.717, 1.165) is 37.1 Å². The number of rotatable bonds is 7. The fourth-order valence-electron chi connectivity index (χ4n) is 2.03. The molecule has 0 atom stereocenters. The molecule has 1 aromatic heterocycles. The van der Waals surface area contributed by atoms with E-state index in [4.69, 9.17) is 4.74 Å². The number of methoxy groups -OCH3 is 1. The van der Waals surface area contributed by atoms with Gasteiger partial charge in [0, 0.05) is 36.4 Å². The average molecular weight is 311 g/mol. The molecule has 18 heavy (non-hydrogen) atoms. The Kier molecular flexibility index (Phi) is 5.23. The standard InChI is InChI=1S/C14H19BrN2O/c1-18-10-7-16-6-2-8-17-9-5-12-3-4-13(15)11-14(12)17/h3-5,9,11,16H,2,6-8,10H2,1H3. The van der Waals surface area contributed by atoms with Gasteiger partial charge in [-0.2, -0.15) is 0 Å². The predicted molar refractivity (Wildman–Crippen MR) is 79.0 cm³/mol. The molecule has 4 heteroatoms. The summed E-state index contributed by atoms with van der Waals surface area (Å²) in [5.41, 5.74) is 1.29. The maximum absolute atomic E-state index is 4.99. The van der Waals surface area contributed by atoms with E-state index < -0.39 is 0 Å². The second kappa shape index (κ2) is 6.92. The number of hydrogen-bond acceptors (Lipinski definition) is 2. The Bertz CT molecular complexity index is 495. The predicted octanol–water partition coefficient (Wildman–Crippen LogP) is 3.03. The van der Waals surface area contributed by atoms with Gasteiger partial charge in [-0.15, -0.1) is 0 Å². The molecule has 0 aliphatic carbocycles. The number of nitrogens with one attached hydrogen (secondary N) is 1. The third kappa shape index (κ3) is 3.57. The number of aromatic nitrogens is 1. The summed E-state index contributed by atoms with van der Waals surface area (Å²) in [5.74, 6) is 0. The molecule has 1 heterocycles. The van der Waals surface area contributed by atoms with Crippen LogP contribution in [0.1, 0.15) is 6.42 Å². The van der Waals surface area contributed by atoms with Crippen LogP contribution in [0.25, 0.3) is 10.9 Å². The quantitative estimate of drug-likeness (QED) is 0.796. The van der Waals surface area contributed by atoms with Gasteiger partial charge in [-0.3, -0.25) is 0 Å². The van der Waals surface area contributed by atoms with E-state index in [1.54, 1.807) is 7.11 Å². The fraction of sp³-hybridized carbons (Fsp3) is 0.429. The highest BCUT2D eigenvalue weighted by Crippen LogP contribution is 2.20. The summed E-state index contributed by atoms with van der Waals surface area (Å²) < 4.78 is 8.43. The number of benzene rings is 1. The first-order valence-electron chi connectivity index (χ1n) is 6.25. The smallest absolute Gasteiger partial charge is 0.0587 e. The molecule has 0 aliphatic heterocycles. The highest BCUT2D eigenvalue weighted by Gasteiger charge is 2.01. The maximum atomic E-state index is 4.99. The number of aryl methyl sites for hydroxylation is 1. The van der Waals surface area contributed by atoms with Crippen molar-refractivity contribution >= 4 is 26.8 Å². The van der Waals surface area contributed by atoms with Gasteiger partial charge in [-0.05, 0) is 36.6 Å². The molecule has 2 aromatic rings. The summed E-state index contributed by atoms with van der Waals surface area (Å²) in [6.45, 7) is 3.77. The van der Waals surface area contributed by atoms with E-state index in [9.17, 15) is 0 Å². The Balaban J connectivity index is 1.86. The third-order valence-corrected chi connectivity index (χ3v) is 3.46. The molecule has 0 bridgehead atoms. The zero-order valence-corrected chi connectivity index (χ0v) is 12.2. The van der Waals surface area contributed by atoms with Crippen LogP contribution in [0.15, 0.2) is 34.9 Å². The lowest BCUT2D eigenvalue weighted by Crippen LogP contribution is -2.21. The van der Waals surface area contributed by atoms with Crippen LogP contribution in [0.5, 0.6) is 0 Å². The second-order valence-corrected chi connectivity index (χ2v) is 5.22. The minimum atomic E-state index is 0.777. The van der Waals surface area contributed by atoms with Gasteiger partial charge in [0.15, 0.2) is 0 Å². The van der Waals surface area contributed by atoms with Crippen LogP contribution in [0.2, 0.25) is 0 Å². The lowest BCUT2D eigenvalue weighted by Gasteiger charge is -2.07. The molecule has 98 valence electrons. The second-order valence-electron chi connectivity index (χ2n) is 4.31. The van der Waals surface area contributed by atoms with Crippen molar-refractivity contribution < 1.29 is 4.74 Å². The lowest BCUT2D eigenvalue weighted by molar-refractivity contribution is 0.199. The first-order chi connectivity index (χ1) is 8.81. The van der Waals surface area contributed by atoms with Crippen molar-refractivity contribution in [3.63, 3.8) is 0 Å². The van der Waals surface area contributed by atoms with Gasteiger partial charge >= 0.3 is 0 Å². The molecule has 0 radical (unpaired) electrons. The summed E-state index contributed by atoms with van der Waals surface area (Å²) in [6, 6.07) is 8.57. The summed E-state index contributed by atoms with van der Waals surface area (Å²) in [7, 11) is 1.73. The zero-order valence-electron chi connectivity index (χ0n) is 10.7. The Morgan fingerprint density at radius 1 is 1.28 bits per heavy atom. The van der Waals surface area contributed by atoms with Crippen molar-refractivity contribution in [2.75, 3.05) is 26.8 Å². The van der Waals surface area contributed by atoms with E-state index in [0.29, 0.717) is 0 Å². The van der Waals surface area contributed by atoms with Crippen molar-refractivity contribution in [2.24, 2.45) is 0 Å². The minimum absolute atomic E-state index is 0.777. The van der Waals surface area contributed by atoms with Gasteiger partial charge in [-0.25, -0.2) is 0 Å². The van der Waals surface area contributed by atoms with Gasteiger partial charge in [0.1, 0.15) is 0 Å². The molecule has 0 fully saturated rings. The number of fused-ring (bicyclic) bond motifs is 1. The number of halogens is 1. The van der Waals surface area contributed by atoms with Gasteiger partial charge in [-0.1, -0.05) is 22.0 Å². The molecule has 0 amide bonds. The monoisotopic (exact) mass is 310 g/mol. The van der Waals surface area contributed by atoms with Crippen molar-refractivity contribution in [1.29, 1.82) is 0 Å². The van der Waals surface area contributed by atoms with Crippen LogP contribution in [-0.2, 0) is 11.3 Å². The van der Waals surface area contributed by atoms with Crippen LogP contribution in [0.3, 0.4) is 0 Å². The summed E-state index contributed by atoms with van der Waals surface area (Å²) in [4.78, 5) is 0. The van der Waals surface area contributed by atoms with Crippen LogP contribution >= 0.6 is 15.9 Å². The molecule has 0 unspecified atom stereocenters. The van der Waals surface area contributed by atoms with E-state index in [2.05, 4.69) is 56.3 Å². The maximum Gasteiger partial charge on any atom is 0.0587 e. The highest BCUT2D eigenvalue weighted by molar-refractivity contribution is 9.10. The molecule has 0 saturated heterocycles. The van der Waals surface area contributed by atoms with Crippen molar-refractivity contribution in [3.05, 3.63) is 34.9 Å². The minimum Gasteiger partial charge on any atom is -0.383 e. The van der Waals surface area contributed by atoms with Crippen molar-refractivity contribution in [3.8, 4) is 0 Å². The Morgan fingerprint density at radius 2 is 2.17 bits per heavy atom. The highest BCUT2D eigenvalue weighted by atomic mass is 79.9. The molecular weight excluding hydrogens is 292 g/mol. The topological polar surface area (TPSA) is 26.2 Å². The van der Waals surface area contributed by atoms with E-state index >= 15 is 0 Å². The van der Waals surface area contributed by atoms with Gasteiger partial charge < -0.3 is 14.6 Å². The molecule has 0 spiro atoms.